The van der Waals surface area contributed by atoms with Crippen molar-refractivity contribution in [2.75, 3.05) is 13.1 Å². The first-order valence-electron chi connectivity index (χ1n) is 7.59. The van der Waals surface area contributed by atoms with E-state index in [1.165, 1.54) is 0 Å². The minimum Gasteiger partial charge on any atom is -0.481 e. The fourth-order valence-electron chi connectivity index (χ4n) is 2.12. The minimum absolute atomic E-state index is 0.0564. The molecule has 4 nitrogen and oxygen atoms in total. The lowest BCUT2D eigenvalue weighted by Gasteiger charge is -2.24. The third-order valence-corrected chi connectivity index (χ3v) is 3.53. The number of unbranched alkanes of at least 4 members (excludes halogenated alkanes) is 1. The molecule has 1 rings (SSSR count). The van der Waals surface area contributed by atoms with Crippen LogP contribution >= 0.6 is 0 Å². The summed E-state index contributed by atoms with van der Waals surface area (Å²) in [7, 11) is 0. The largest absolute Gasteiger partial charge is 0.481 e. The molecule has 1 atom stereocenters. The number of nitrogens with zero attached hydrogens (tertiary/aromatic N) is 1. The number of benzene rings is 1. The Kier molecular flexibility index (Phi) is 7.51. The van der Waals surface area contributed by atoms with Crippen molar-refractivity contribution in [1.29, 1.82) is 0 Å². The van der Waals surface area contributed by atoms with Gasteiger partial charge in [-0.3, -0.25) is 9.59 Å². The average Bonchev–Trinajstić information content (AvgIpc) is 2.49. The van der Waals surface area contributed by atoms with Crippen molar-refractivity contribution < 1.29 is 14.7 Å². The maximum atomic E-state index is 12.2. The van der Waals surface area contributed by atoms with Crippen molar-refractivity contribution in [3.05, 3.63) is 35.9 Å². The number of carboxylic acids is 1. The maximum absolute atomic E-state index is 12.2. The molecule has 21 heavy (non-hydrogen) atoms. The van der Waals surface area contributed by atoms with Crippen molar-refractivity contribution in [3.8, 4) is 0 Å². The maximum Gasteiger partial charge on any atom is 0.308 e. The van der Waals surface area contributed by atoms with Gasteiger partial charge in [0.25, 0.3) is 0 Å². The first-order valence-corrected chi connectivity index (χ1v) is 7.59. The predicted molar refractivity (Wildman–Crippen MR) is 83.1 cm³/mol. The Morgan fingerprint density at radius 1 is 1.24 bits per heavy atom. The molecule has 116 valence electrons. The monoisotopic (exact) mass is 291 g/mol. The normalized spacial score (nSPS) is 11.9. The Balaban J connectivity index is 2.62. The van der Waals surface area contributed by atoms with E-state index in [-0.39, 0.29) is 12.5 Å². The number of carboxylic acid groups (broad SMARTS) is 1. The second kappa shape index (κ2) is 9.16. The summed E-state index contributed by atoms with van der Waals surface area (Å²) in [6.07, 6.45) is 3.07. The smallest absolute Gasteiger partial charge is 0.308 e. The summed E-state index contributed by atoms with van der Waals surface area (Å²) in [6.45, 7) is 4.54. The van der Waals surface area contributed by atoms with Crippen LogP contribution in [-0.4, -0.2) is 35.0 Å². The van der Waals surface area contributed by atoms with Gasteiger partial charge < -0.3 is 10.0 Å². The summed E-state index contributed by atoms with van der Waals surface area (Å²) in [4.78, 5) is 24.9. The Morgan fingerprint density at radius 2 is 1.90 bits per heavy atom. The molecule has 0 bridgehead atoms. The summed E-state index contributed by atoms with van der Waals surface area (Å²) in [5.41, 5.74) is 1.16. The lowest BCUT2D eigenvalue weighted by Crippen LogP contribution is -2.38. The SMILES string of the molecule is CCCCC(=O)N(CCc1ccccc1)CC(C)C(=O)O. The van der Waals surface area contributed by atoms with Crippen molar-refractivity contribution in [2.24, 2.45) is 5.92 Å². The lowest BCUT2D eigenvalue weighted by molar-refractivity contribution is -0.143. The highest BCUT2D eigenvalue weighted by molar-refractivity contribution is 5.77. The highest BCUT2D eigenvalue weighted by Gasteiger charge is 2.19. The molecule has 0 saturated heterocycles. The van der Waals surface area contributed by atoms with E-state index in [4.69, 9.17) is 5.11 Å². The van der Waals surface area contributed by atoms with Crippen LogP contribution < -0.4 is 0 Å². The van der Waals surface area contributed by atoms with Crippen molar-refractivity contribution >= 4 is 11.9 Å². The van der Waals surface area contributed by atoms with Gasteiger partial charge in [0, 0.05) is 19.5 Å². The number of carbonyl (C=O) groups is 2. The molecule has 0 spiro atoms. The molecule has 0 aliphatic rings. The quantitative estimate of drug-likeness (QED) is 0.761. The summed E-state index contributed by atoms with van der Waals surface area (Å²) in [5, 5.41) is 9.04. The van der Waals surface area contributed by atoms with Gasteiger partial charge in [-0.05, 0) is 18.4 Å². The second-order valence-electron chi connectivity index (χ2n) is 5.42. The van der Waals surface area contributed by atoms with Crippen LogP contribution in [-0.2, 0) is 16.0 Å². The van der Waals surface area contributed by atoms with Gasteiger partial charge in [0.2, 0.25) is 5.91 Å². The number of rotatable bonds is 9. The fraction of sp³-hybridized carbons (Fsp3) is 0.529. The van der Waals surface area contributed by atoms with E-state index in [1.807, 2.05) is 37.3 Å². The highest BCUT2D eigenvalue weighted by Crippen LogP contribution is 2.08. The number of carbonyl (C=O) groups excluding carboxylic acids is 1. The molecule has 0 saturated carbocycles. The first kappa shape index (κ1) is 17.2. The molecule has 1 N–H and O–H groups in total. The van der Waals surface area contributed by atoms with Gasteiger partial charge >= 0.3 is 5.97 Å². The van der Waals surface area contributed by atoms with Gasteiger partial charge in [-0.25, -0.2) is 0 Å². The standard InChI is InChI=1S/C17H25NO3/c1-3-4-10-16(19)18(13-14(2)17(20)21)12-11-15-8-6-5-7-9-15/h5-9,14H,3-4,10-13H2,1-2H3,(H,20,21). The summed E-state index contributed by atoms with van der Waals surface area (Å²) in [5.74, 6) is -1.34. The molecule has 0 heterocycles. The van der Waals surface area contributed by atoms with E-state index < -0.39 is 11.9 Å². The van der Waals surface area contributed by atoms with Crippen LogP contribution in [0.2, 0.25) is 0 Å². The van der Waals surface area contributed by atoms with Gasteiger partial charge in [-0.2, -0.15) is 0 Å². The van der Waals surface area contributed by atoms with Crippen LogP contribution in [0.5, 0.6) is 0 Å². The Labute approximate surface area is 126 Å². The predicted octanol–water partition coefficient (Wildman–Crippen LogP) is 2.97. The molecular formula is C17H25NO3. The van der Waals surface area contributed by atoms with Crippen LogP contribution in [0.3, 0.4) is 0 Å². The van der Waals surface area contributed by atoms with Crippen molar-refractivity contribution in [2.45, 2.75) is 39.5 Å². The molecular weight excluding hydrogens is 266 g/mol. The third-order valence-electron chi connectivity index (χ3n) is 3.53. The van der Waals surface area contributed by atoms with Crippen LogP contribution in [0.15, 0.2) is 30.3 Å². The summed E-state index contributed by atoms with van der Waals surface area (Å²) >= 11 is 0. The van der Waals surface area contributed by atoms with E-state index in [2.05, 4.69) is 0 Å². The second-order valence-corrected chi connectivity index (χ2v) is 5.42. The molecule has 0 radical (unpaired) electrons. The van der Waals surface area contributed by atoms with E-state index in [1.54, 1.807) is 11.8 Å². The van der Waals surface area contributed by atoms with Gasteiger partial charge in [0.1, 0.15) is 0 Å². The van der Waals surface area contributed by atoms with E-state index in [9.17, 15) is 9.59 Å². The van der Waals surface area contributed by atoms with E-state index >= 15 is 0 Å². The lowest BCUT2D eigenvalue weighted by atomic mass is 10.1. The summed E-state index contributed by atoms with van der Waals surface area (Å²) < 4.78 is 0. The van der Waals surface area contributed by atoms with Gasteiger partial charge in [0.05, 0.1) is 5.92 Å². The molecule has 0 aliphatic carbocycles. The molecule has 0 aromatic heterocycles. The Bertz CT molecular complexity index is 445. The number of hydrogen-bond acceptors (Lipinski definition) is 2. The van der Waals surface area contributed by atoms with E-state index in [0.29, 0.717) is 13.0 Å². The van der Waals surface area contributed by atoms with E-state index in [0.717, 1.165) is 24.8 Å². The van der Waals surface area contributed by atoms with Crippen molar-refractivity contribution in [1.82, 2.24) is 4.90 Å². The Morgan fingerprint density at radius 3 is 2.48 bits per heavy atom. The van der Waals surface area contributed by atoms with Crippen LogP contribution in [0, 0.1) is 5.92 Å². The van der Waals surface area contributed by atoms with Gasteiger partial charge in [-0.1, -0.05) is 50.6 Å². The molecule has 1 unspecified atom stereocenters. The topological polar surface area (TPSA) is 57.6 Å². The van der Waals surface area contributed by atoms with Gasteiger partial charge in [0.15, 0.2) is 0 Å². The van der Waals surface area contributed by atoms with Crippen LogP contribution in [0.25, 0.3) is 0 Å². The highest BCUT2D eigenvalue weighted by atomic mass is 16.4. The third kappa shape index (κ3) is 6.43. The molecule has 1 aromatic rings. The zero-order valence-corrected chi connectivity index (χ0v) is 12.9. The van der Waals surface area contributed by atoms with Gasteiger partial charge in [-0.15, -0.1) is 0 Å². The van der Waals surface area contributed by atoms with Crippen LogP contribution in [0.1, 0.15) is 38.7 Å². The molecule has 0 fully saturated rings. The number of aliphatic carboxylic acids is 1. The average molecular weight is 291 g/mol. The zero-order valence-electron chi connectivity index (χ0n) is 12.9. The molecule has 1 aromatic carbocycles. The van der Waals surface area contributed by atoms with Crippen molar-refractivity contribution in [3.63, 3.8) is 0 Å². The van der Waals surface area contributed by atoms with Crippen LogP contribution in [0.4, 0.5) is 0 Å². The molecule has 0 aliphatic heterocycles. The number of amides is 1. The summed E-state index contributed by atoms with van der Waals surface area (Å²) in [6, 6.07) is 9.95. The fourth-order valence-corrected chi connectivity index (χ4v) is 2.12. The zero-order chi connectivity index (χ0) is 15.7. The molecule has 1 amide bonds. The molecule has 4 heteroatoms. The first-order chi connectivity index (χ1) is 10.0. The Hall–Kier alpha value is -1.84. The minimum atomic E-state index is -0.858. The number of hydrogen-bond donors (Lipinski definition) is 1.